The minimum atomic E-state index is 0.574. The molecule has 2 nitrogen and oxygen atoms in total. The molecule has 0 aliphatic heterocycles. The van der Waals surface area contributed by atoms with E-state index in [2.05, 4.69) is 44.0 Å². The van der Waals surface area contributed by atoms with Gasteiger partial charge in [0.25, 0.3) is 0 Å². The average molecular weight is 254 g/mol. The third kappa shape index (κ3) is 2.78. The van der Waals surface area contributed by atoms with Gasteiger partial charge in [0.2, 0.25) is 0 Å². The fourth-order valence-corrected chi connectivity index (χ4v) is 2.53. The zero-order valence-electron chi connectivity index (χ0n) is 12.0. The first-order valence-corrected chi connectivity index (χ1v) is 7.06. The lowest BCUT2D eigenvalue weighted by Gasteiger charge is -2.15. The zero-order valence-corrected chi connectivity index (χ0v) is 12.0. The molecule has 2 heteroatoms. The summed E-state index contributed by atoms with van der Waals surface area (Å²) in [4.78, 5) is 4.23. The summed E-state index contributed by atoms with van der Waals surface area (Å²) in [5.41, 5.74) is 12.4. The van der Waals surface area contributed by atoms with Crippen molar-refractivity contribution >= 4 is 5.82 Å². The van der Waals surface area contributed by atoms with Crippen LogP contribution in [0.3, 0.4) is 0 Å². The molecule has 0 saturated heterocycles. The van der Waals surface area contributed by atoms with E-state index < -0.39 is 0 Å². The van der Waals surface area contributed by atoms with E-state index in [1.807, 2.05) is 12.3 Å². The molecule has 0 atom stereocenters. The van der Waals surface area contributed by atoms with Crippen molar-refractivity contribution in [1.29, 1.82) is 0 Å². The molecule has 1 heterocycles. The number of aryl methyl sites for hydroxylation is 3. The van der Waals surface area contributed by atoms with Crippen molar-refractivity contribution in [3.8, 4) is 11.1 Å². The van der Waals surface area contributed by atoms with Gasteiger partial charge in [0.05, 0.1) is 0 Å². The Kier molecular flexibility index (Phi) is 4.20. The minimum Gasteiger partial charge on any atom is -0.384 e. The van der Waals surface area contributed by atoms with E-state index in [4.69, 9.17) is 5.73 Å². The second kappa shape index (κ2) is 5.87. The van der Waals surface area contributed by atoms with E-state index in [-0.39, 0.29) is 0 Å². The van der Waals surface area contributed by atoms with E-state index in [1.165, 1.54) is 27.8 Å². The van der Waals surface area contributed by atoms with Gasteiger partial charge in [-0.15, -0.1) is 0 Å². The van der Waals surface area contributed by atoms with Crippen LogP contribution >= 0.6 is 0 Å². The van der Waals surface area contributed by atoms with E-state index in [0.29, 0.717) is 5.82 Å². The number of hydrogen-bond acceptors (Lipinski definition) is 2. The van der Waals surface area contributed by atoms with Crippen molar-refractivity contribution in [2.75, 3.05) is 5.73 Å². The van der Waals surface area contributed by atoms with Crippen LogP contribution in [0.15, 0.2) is 30.5 Å². The fraction of sp³-hybridized carbons (Fsp3) is 0.353. The van der Waals surface area contributed by atoms with Crippen LogP contribution in [0.5, 0.6) is 0 Å². The third-order valence-electron chi connectivity index (χ3n) is 3.61. The molecule has 0 aliphatic rings. The van der Waals surface area contributed by atoms with E-state index >= 15 is 0 Å². The zero-order chi connectivity index (χ0) is 13.8. The summed E-state index contributed by atoms with van der Waals surface area (Å²) in [6, 6.07) is 8.60. The number of rotatable bonds is 4. The van der Waals surface area contributed by atoms with Crippen LogP contribution in [0.25, 0.3) is 11.1 Å². The largest absolute Gasteiger partial charge is 0.384 e. The van der Waals surface area contributed by atoms with Crippen molar-refractivity contribution < 1.29 is 0 Å². The average Bonchev–Trinajstić information content (AvgIpc) is 2.46. The maximum absolute atomic E-state index is 5.68. The first-order chi connectivity index (χ1) is 9.19. The molecule has 0 bridgehead atoms. The van der Waals surface area contributed by atoms with Crippen LogP contribution in [0.2, 0.25) is 0 Å². The molecule has 19 heavy (non-hydrogen) atoms. The van der Waals surface area contributed by atoms with Crippen molar-refractivity contribution in [2.45, 2.75) is 40.0 Å². The first-order valence-electron chi connectivity index (χ1n) is 7.06. The van der Waals surface area contributed by atoms with Crippen molar-refractivity contribution in [3.63, 3.8) is 0 Å². The fourth-order valence-electron chi connectivity index (χ4n) is 2.53. The third-order valence-corrected chi connectivity index (χ3v) is 3.61. The summed E-state index contributed by atoms with van der Waals surface area (Å²) < 4.78 is 0. The highest BCUT2D eigenvalue weighted by Crippen LogP contribution is 2.30. The highest BCUT2D eigenvalue weighted by Gasteiger charge is 2.11. The van der Waals surface area contributed by atoms with Crippen LogP contribution in [-0.2, 0) is 19.3 Å². The van der Waals surface area contributed by atoms with Gasteiger partial charge in [-0.25, -0.2) is 4.98 Å². The van der Waals surface area contributed by atoms with Gasteiger partial charge in [0, 0.05) is 11.8 Å². The molecule has 2 rings (SSSR count). The van der Waals surface area contributed by atoms with Gasteiger partial charge in [-0.3, -0.25) is 0 Å². The Morgan fingerprint density at radius 2 is 1.58 bits per heavy atom. The summed E-state index contributed by atoms with van der Waals surface area (Å²) in [6.07, 6.45) is 5.05. The summed E-state index contributed by atoms with van der Waals surface area (Å²) in [5.74, 6) is 0.574. The molecule has 0 radical (unpaired) electrons. The van der Waals surface area contributed by atoms with Crippen LogP contribution in [0, 0.1) is 0 Å². The molecule has 100 valence electrons. The molecular formula is C17H22N2. The molecule has 0 saturated carbocycles. The molecular weight excluding hydrogens is 232 g/mol. The van der Waals surface area contributed by atoms with Gasteiger partial charge in [-0.2, -0.15) is 0 Å². The molecule has 1 aromatic carbocycles. The van der Waals surface area contributed by atoms with E-state index in [1.54, 1.807) is 0 Å². The number of nitrogens with two attached hydrogens (primary N) is 1. The van der Waals surface area contributed by atoms with Gasteiger partial charge in [-0.1, -0.05) is 32.9 Å². The summed E-state index contributed by atoms with van der Waals surface area (Å²) in [6.45, 7) is 6.63. The Bertz CT molecular complexity index is 531. The van der Waals surface area contributed by atoms with E-state index in [0.717, 1.165) is 19.3 Å². The number of benzene rings is 1. The molecule has 1 aromatic heterocycles. The van der Waals surface area contributed by atoms with Crippen molar-refractivity contribution in [2.24, 2.45) is 0 Å². The predicted octanol–water partition coefficient (Wildman–Crippen LogP) is 4.02. The summed E-state index contributed by atoms with van der Waals surface area (Å²) in [5, 5.41) is 0. The Balaban J connectivity index is 2.63. The smallest absolute Gasteiger partial charge is 0.123 e. The number of aromatic nitrogens is 1. The SMILES string of the molecule is CCc1cc(CC)c(-c2ccc(N)nc2)c(CC)c1. The van der Waals surface area contributed by atoms with Gasteiger partial charge < -0.3 is 5.73 Å². The molecule has 0 fully saturated rings. The molecule has 0 spiro atoms. The highest BCUT2D eigenvalue weighted by molar-refractivity contribution is 5.72. The number of nitrogen functional groups attached to an aromatic ring is 1. The monoisotopic (exact) mass is 254 g/mol. The lowest BCUT2D eigenvalue weighted by atomic mass is 9.90. The Labute approximate surface area is 115 Å². The van der Waals surface area contributed by atoms with Crippen LogP contribution in [0.4, 0.5) is 5.82 Å². The van der Waals surface area contributed by atoms with Crippen LogP contribution in [-0.4, -0.2) is 4.98 Å². The van der Waals surface area contributed by atoms with E-state index in [9.17, 15) is 0 Å². The second-order valence-electron chi connectivity index (χ2n) is 4.82. The molecule has 2 N–H and O–H groups in total. The number of hydrogen-bond donors (Lipinski definition) is 1. The summed E-state index contributed by atoms with van der Waals surface area (Å²) in [7, 11) is 0. The Morgan fingerprint density at radius 3 is 2.00 bits per heavy atom. The second-order valence-corrected chi connectivity index (χ2v) is 4.82. The molecule has 0 unspecified atom stereocenters. The number of nitrogens with zero attached hydrogens (tertiary/aromatic N) is 1. The first kappa shape index (κ1) is 13.6. The Hall–Kier alpha value is -1.83. The van der Waals surface area contributed by atoms with Crippen LogP contribution < -0.4 is 5.73 Å². The molecule has 0 aliphatic carbocycles. The van der Waals surface area contributed by atoms with Crippen molar-refractivity contribution in [1.82, 2.24) is 4.98 Å². The Morgan fingerprint density at radius 1 is 0.947 bits per heavy atom. The quantitative estimate of drug-likeness (QED) is 0.895. The normalized spacial score (nSPS) is 10.7. The van der Waals surface area contributed by atoms with Gasteiger partial charge in [0.1, 0.15) is 5.82 Å². The lowest BCUT2D eigenvalue weighted by Crippen LogP contribution is -1.98. The van der Waals surface area contributed by atoms with Crippen molar-refractivity contribution in [3.05, 3.63) is 47.2 Å². The standard InChI is InChI=1S/C17H22N2/c1-4-12-9-13(5-2)17(14(6-3)10-12)15-7-8-16(18)19-11-15/h7-11H,4-6H2,1-3H3,(H2,18,19). The molecule has 2 aromatic rings. The van der Waals surface area contributed by atoms with Gasteiger partial charge in [0.15, 0.2) is 0 Å². The number of anilines is 1. The molecule has 0 amide bonds. The number of pyridine rings is 1. The van der Waals surface area contributed by atoms with Gasteiger partial charge in [-0.05, 0) is 53.6 Å². The van der Waals surface area contributed by atoms with Gasteiger partial charge >= 0.3 is 0 Å². The lowest BCUT2D eigenvalue weighted by molar-refractivity contribution is 1.05. The maximum atomic E-state index is 5.68. The highest BCUT2D eigenvalue weighted by atomic mass is 14.8. The maximum Gasteiger partial charge on any atom is 0.123 e. The minimum absolute atomic E-state index is 0.574. The summed E-state index contributed by atoms with van der Waals surface area (Å²) >= 11 is 0. The van der Waals surface area contributed by atoms with Crippen LogP contribution in [0.1, 0.15) is 37.5 Å². The predicted molar refractivity (Wildman–Crippen MR) is 82.2 cm³/mol. The topological polar surface area (TPSA) is 38.9 Å².